The summed E-state index contributed by atoms with van der Waals surface area (Å²) >= 11 is 11.7. The van der Waals surface area contributed by atoms with Crippen LogP contribution in [-0.2, 0) is 11.3 Å². The number of anilines is 1. The number of hydrogen-bond donors (Lipinski definition) is 1. The van der Waals surface area contributed by atoms with Crippen molar-refractivity contribution in [2.24, 2.45) is 0 Å². The summed E-state index contributed by atoms with van der Waals surface area (Å²) in [6.07, 6.45) is 1.74. The van der Waals surface area contributed by atoms with Crippen LogP contribution in [0.4, 0.5) is 10.1 Å². The van der Waals surface area contributed by atoms with E-state index < -0.39 is 5.82 Å². The highest BCUT2D eigenvalue weighted by atomic mass is 35.5. The van der Waals surface area contributed by atoms with Crippen LogP contribution >= 0.6 is 23.2 Å². The Morgan fingerprint density at radius 3 is 2.77 bits per heavy atom. The summed E-state index contributed by atoms with van der Waals surface area (Å²) < 4.78 is 24.4. The third kappa shape index (κ3) is 3.51. The second-order valence-electron chi connectivity index (χ2n) is 5.03. The van der Waals surface area contributed by atoms with Gasteiger partial charge < -0.3 is 14.6 Å². The summed E-state index contributed by atoms with van der Waals surface area (Å²) in [5, 5.41) is 7.22. The predicted octanol–water partition coefficient (Wildman–Crippen LogP) is 4.02. The van der Waals surface area contributed by atoms with Crippen molar-refractivity contribution in [1.82, 2.24) is 10.1 Å². The van der Waals surface area contributed by atoms with Crippen LogP contribution in [0.15, 0.2) is 16.7 Å². The molecule has 0 aliphatic carbocycles. The zero-order valence-corrected chi connectivity index (χ0v) is 13.1. The van der Waals surface area contributed by atoms with Crippen LogP contribution in [0.2, 0.25) is 10.0 Å². The molecule has 0 amide bonds. The number of nitrogens with one attached hydrogen (secondary N) is 1. The van der Waals surface area contributed by atoms with Gasteiger partial charge in [0.05, 0.1) is 17.3 Å². The SMILES string of the molecule is Fc1cc(Cl)cc(Cl)c1NCc1noc(C2CCOCC2)n1. The molecule has 0 unspecified atom stereocenters. The van der Waals surface area contributed by atoms with Crippen molar-refractivity contribution in [2.45, 2.75) is 25.3 Å². The van der Waals surface area contributed by atoms with E-state index in [1.54, 1.807) is 0 Å². The Morgan fingerprint density at radius 1 is 1.27 bits per heavy atom. The van der Waals surface area contributed by atoms with Gasteiger partial charge in [-0.3, -0.25) is 0 Å². The lowest BCUT2D eigenvalue weighted by molar-refractivity contribution is 0.0778. The summed E-state index contributed by atoms with van der Waals surface area (Å²) in [6.45, 7) is 1.61. The van der Waals surface area contributed by atoms with E-state index >= 15 is 0 Å². The second kappa shape index (κ2) is 6.81. The summed E-state index contributed by atoms with van der Waals surface area (Å²) in [5.74, 6) is 0.756. The van der Waals surface area contributed by atoms with Crippen molar-refractivity contribution in [3.63, 3.8) is 0 Å². The van der Waals surface area contributed by atoms with E-state index in [0.717, 1.165) is 12.8 Å². The van der Waals surface area contributed by atoms with Gasteiger partial charge in [-0.2, -0.15) is 4.98 Å². The predicted molar refractivity (Wildman–Crippen MR) is 80.8 cm³/mol. The van der Waals surface area contributed by atoms with Gasteiger partial charge in [-0.15, -0.1) is 0 Å². The fraction of sp³-hybridized carbons (Fsp3) is 0.429. The first-order chi connectivity index (χ1) is 10.6. The topological polar surface area (TPSA) is 60.2 Å². The number of rotatable bonds is 4. The number of benzene rings is 1. The molecule has 1 aromatic heterocycles. The Kier molecular flexibility index (Phi) is 4.81. The number of aromatic nitrogens is 2. The summed E-state index contributed by atoms with van der Waals surface area (Å²) in [5.41, 5.74) is 0.170. The van der Waals surface area contributed by atoms with Crippen LogP contribution in [0, 0.1) is 5.82 Å². The molecule has 1 fully saturated rings. The molecule has 22 heavy (non-hydrogen) atoms. The maximum Gasteiger partial charge on any atom is 0.229 e. The van der Waals surface area contributed by atoms with Gasteiger partial charge in [-0.05, 0) is 25.0 Å². The van der Waals surface area contributed by atoms with Crippen molar-refractivity contribution >= 4 is 28.9 Å². The average molecular weight is 346 g/mol. The zero-order valence-electron chi connectivity index (χ0n) is 11.6. The monoisotopic (exact) mass is 345 g/mol. The summed E-state index contributed by atoms with van der Waals surface area (Å²) in [7, 11) is 0. The molecule has 0 spiro atoms. The molecule has 118 valence electrons. The van der Waals surface area contributed by atoms with Crippen molar-refractivity contribution < 1.29 is 13.7 Å². The Morgan fingerprint density at radius 2 is 2.05 bits per heavy atom. The Bertz CT molecular complexity index is 636. The highest BCUT2D eigenvalue weighted by Crippen LogP contribution is 2.29. The third-order valence-electron chi connectivity index (χ3n) is 3.48. The quantitative estimate of drug-likeness (QED) is 0.906. The molecule has 5 nitrogen and oxygen atoms in total. The van der Waals surface area contributed by atoms with Crippen LogP contribution in [0.25, 0.3) is 0 Å². The maximum absolute atomic E-state index is 13.8. The second-order valence-corrected chi connectivity index (χ2v) is 5.88. The molecule has 2 heterocycles. The molecular weight excluding hydrogens is 332 g/mol. The molecule has 0 saturated carbocycles. The smallest absolute Gasteiger partial charge is 0.229 e. The van der Waals surface area contributed by atoms with Gasteiger partial charge in [-0.1, -0.05) is 28.4 Å². The molecule has 3 rings (SSSR count). The van der Waals surface area contributed by atoms with Crippen molar-refractivity contribution in [3.05, 3.63) is 39.7 Å². The third-order valence-corrected chi connectivity index (χ3v) is 4.00. The fourth-order valence-electron chi connectivity index (χ4n) is 2.33. The fourth-order valence-corrected chi connectivity index (χ4v) is 2.86. The minimum atomic E-state index is -0.523. The minimum Gasteiger partial charge on any atom is -0.381 e. The van der Waals surface area contributed by atoms with Crippen molar-refractivity contribution in [3.8, 4) is 0 Å². The lowest BCUT2D eigenvalue weighted by Crippen LogP contribution is -2.14. The van der Waals surface area contributed by atoms with Gasteiger partial charge in [0.2, 0.25) is 5.89 Å². The lowest BCUT2D eigenvalue weighted by Gasteiger charge is -2.17. The van der Waals surface area contributed by atoms with Crippen molar-refractivity contribution in [2.75, 3.05) is 18.5 Å². The van der Waals surface area contributed by atoms with Gasteiger partial charge in [0.1, 0.15) is 5.82 Å². The normalized spacial score (nSPS) is 16.0. The molecule has 0 bridgehead atoms. The number of halogens is 3. The first-order valence-electron chi connectivity index (χ1n) is 6.92. The highest BCUT2D eigenvalue weighted by Gasteiger charge is 2.22. The van der Waals surface area contributed by atoms with E-state index in [2.05, 4.69) is 15.5 Å². The van der Waals surface area contributed by atoms with Crippen molar-refractivity contribution in [1.29, 1.82) is 0 Å². The number of hydrogen-bond acceptors (Lipinski definition) is 5. The van der Waals surface area contributed by atoms with Gasteiger partial charge >= 0.3 is 0 Å². The minimum absolute atomic E-state index is 0.170. The average Bonchev–Trinajstić information content (AvgIpc) is 2.96. The molecule has 1 aromatic carbocycles. The van der Waals surface area contributed by atoms with Crippen LogP contribution in [0.1, 0.15) is 30.5 Å². The summed E-state index contributed by atoms with van der Waals surface area (Å²) in [4.78, 5) is 4.34. The number of nitrogens with zero attached hydrogens (tertiary/aromatic N) is 2. The Hall–Kier alpha value is -1.37. The molecule has 1 saturated heterocycles. The maximum atomic E-state index is 13.8. The molecule has 1 N–H and O–H groups in total. The molecule has 0 radical (unpaired) electrons. The Labute approximate surface area is 136 Å². The number of ether oxygens (including phenoxy) is 1. The molecule has 1 aliphatic rings. The molecule has 8 heteroatoms. The summed E-state index contributed by atoms with van der Waals surface area (Å²) in [6, 6.07) is 2.66. The zero-order chi connectivity index (χ0) is 15.5. The van der Waals surface area contributed by atoms with E-state index in [0.29, 0.717) is 24.9 Å². The van der Waals surface area contributed by atoms with Crippen LogP contribution in [-0.4, -0.2) is 23.4 Å². The first kappa shape index (κ1) is 15.5. The molecule has 2 aromatic rings. The lowest BCUT2D eigenvalue weighted by atomic mass is 10.0. The largest absolute Gasteiger partial charge is 0.381 e. The van der Waals surface area contributed by atoms with E-state index in [-0.39, 0.29) is 28.2 Å². The van der Waals surface area contributed by atoms with Gasteiger partial charge in [0.15, 0.2) is 5.82 Å². The van der Waals surface area contributed by atoms with E-state index in [4.69, 9.17) is 32.5 Å². The van der Waals surface area contributed by atoms with Gasteiger partial charge in [0, 0.05) is 24.2 Å². The highest BCUT2D eigenvalue weighted by molar-refractivity contribution is 6.36. The standard InChI is InChI=1S/C14H14Cl2FN3O2/c15-9-5-10(16)13(11(17)6-9)18-7-12-19-14(22-20-12)8-1-3-21-4-2-8/h5-6,8,18H,1-4,7H2. The first-order valence-corrected chi connectivity index (χ1v) is 7.67. The van der Waals surface area contributed by atoms with E-state index in [1.807, 2.05) is 0 Å². The van der Waals surface area contributed by atoms with E-state index in [1.165, 1.54) is 12.1 Å². The van der Waals surface area contributed by atoms with Gasteiger partial charge in [-0.25, -0.2) is 4.39 Å². The van der Waals surface area contributed by atoms with Crippen LogP contribution < -0.4 is 5.32 Å². The molecular formula is C14H14Cl2FN3O2. The van der Waals surface area contributed by atoms with E-state index in [9.17, 15) is 4.39 Å². The molecule has 1 aliphatic heterocycles. The Balaban J connectivity index is 1.66. The van der Waals surface area contributed by atoms with Crippen LogP contribution in [0.3, 0.4) is 0 Å². The van der Waals surface area contributed by atoms with Gasteiger partial charge in [0.25, 0.3) is 0 Å². The molecule has 0 atom stereocenters. The van der Waals surface area contributed by atoms with Crippen LogP contribution in [0.5, 0.6) is 0 Å².